The summed E-state index contributed by atoms with van der Waals surface area (Å²) in [6.07, 6.45) is 4.09. The predicted molar refractivity (Wildman–Crippen MR) is 95.3 cm³/mol. The lowest BCUT2D eigenvalue weighted by molar-refractivity contribution is -0.114. The van der Waals surface area contributed by atoms with E-state index in [2.05, 4.69) is 21.2 Å². The molecule has 1 aliphatic heterocycles. The Kier molecular flexibility index (Phi) is 4.27. The number of hydrazine groups is 1. The fraction of sp³-hybridized carbons (Fsp3) is 0.0667. The van der Waals surface area contributed by atoms with E-state index in [0.29, 0.717) is 27.7 Å². The van der Waals surface area contributed by atoms with E-state index in [0.717, 1.165) is 6.26 Å². The highest BCUT2D eigenvalue weighted by atomic mass is 35.5. The molecule has 1 amide bonds. The average Bonchev–Trinajstić information content (AvgIpc) is 2.53. The van der Waals surface area contributed by atoms with E-state index in [1.165, 1.54) is 24.5 Å². The van der Waals surface area contributed by atoms with Crippen LogP contribution in [0.3, 0.4) is 0 Å². The van der Waals surface area contributed by atoms with Gasteiger partial charge in [0.2, 0.25) is 0 Å². The van der Waals surface area contributed by atoms with Crippen LogP contribution in [0, 0.1) is 0 Å². The number of fused-ring (bicyclic) bond motifs is 1. The zero-order chi connectivity index (χ0) is 18.2. The van der Waals surface area contributed by atoms with Crippen LogP contribution >= 0.6 is 11.6 Å². The highest BCUT2D eigenvalue weighted by Crippen LogP contribution is 2.32. The number of amides is 1. The van der Waals surface area contributed by atoms with Crippen molar-refractivity contribution in [2.24, 2.45) is 5.73 Å². The van der Waals surface area contributed by atoms with Crippen molar-refractivity contribution in [1.82, 2.24) is 10.4 Å². The minimum absolute atomic E-state index is 0.0538. The molecule has 5 N–H and O–H groups in total. The first-order valence-corrected chi connectivity index (χ1v) is 9.31. The molecule has 0 saturated carbocycles. The molecule has 25 heavy (non-hydrogen) atoms. The number of carbonyl (C=O) groups is 1. The maximum absolute atomic E-state index is 11.9. The van der Waals surface area contributed by atoms with Crippen molar-refractivity contribution in [2.45, 2.75) is 4.90 Å². The molecule has 0 fully saturated rings. The number of hydrogen-bond donors (Lipinski definition) is 4. The lowest BCUT2D eigenvalue weighted by atomic mass is 10.1. The zero-order valence-electron chi connectivity index (χ0n) is 13.0. The largest absolute Gasteiger partial charge is 0.364 e. The summed E-state index contributed by atoms with van der Waals surface area (Å²) in [4.78, 5) is 15.9. The number of hydrogen-bond acceptors (Lipinski definition) is 7. The third-order valence-corrected chi connectivity index (χ3v) is 4.80. The van der Waals surface area contributed by atoms with E-state index in [1.54, 1.807) is 12.1 Å². The Morgan fingerprint density at radius 1 is 1.24 bits per heavy atom. The molecule has 2 heterocycles. The number of sulfone groups is 1. The number of rotatable bonds is 4. The lowest BCUT2D eigenvalue weighted by Gasteiger charge is -2.26. The van der Waals surface area contributed by atoms with Gasteiger partial charge in [0, 0.05) is 18.0 Å². The van der Waals surface area contributed by atoms with Crippen molar-refractivity contribution >= 4 is 44.4 Å². The van der Waals surface area contributed by atoms with Crippen molar-refractivity contribution in [1.29, 1.82) is 0 Å². The van der Waals surface area contributed by atoms with Gasteiger partial charge in [-0.15, -0.1) is 0 Å². The van der Waals surface area contributed by atoms with Gasteiger partial charge >= 0.3 is 0 Å². The van der Waals surface area contributed by atoms with Crippen LogP contribution in [0.4, 0.5) is 11.4 Å². The van der Waals surface area contributed by atoms with Gasteiger partial charge in [0.25, 0.3) is 5.91 Å². The lowest BCUT2D eigenvalue weighted by Crippen LogP contribution is -2.36. The molecule has 8 nitrogen and oxygen atoms in total. The second-order valence-electron chi connectivity index (χ2n) is 5.36. The van der Waals surface area contributed by atoms with Crippen LogP contribution in [0.1, 0.15) is 5.56 Å². The van der Waals surface area contributed by atoms with E-state index >= 15 is 0 Å². The molecule has 130 valence electrons. The molecule has 3 rings (SSSR count). The first-order chi connectivity index (χ1) is 11.8. The highest BCUT2D eigenvalue weighted by molar-refractivity contribution is 7.90. The van der Waals surface area contributed by atoms with Crippen LogP contribution < -0.4 is 21.9 Å². The maximum Gasteiger partial charge on any atom is 0.268 e. The van der Waals surface area contributed by atoms with Gasteiger partial charge in [-0.05, 0) is 24.3 Å². The van der Waals surface area contributed by atoms with Crippen molar-refractivity contribution in [3.05, 3.63) is 52.9 Å². The monoisotopic (exact) mass is 379 g/mol. The fourth-order valence-electron chi connectivity index (χ4n) is 2.34. The first-order valence-electron chi connectivity index (χ1n) is 7.04. The molecule has 0 atom stereocenters. The van der Waals surface area contributed by atoms with Crippen LogP contribution in [-0.4, -0.2) is 25.6 Å². The Hall–Kier alpha value is -2.78. The van der Waals surface area contributed by atoms with Crippen molar-refractivity contribution in [3.8, 4) is 0 Å². The van der Waals surface area contributed by atoms with Crippen molar-refractivity contribution < 1.29 is 13.2 Å². The molecule has 0 aliphatic carbocycles. The number of primary amides is 1. The summed E-state index contributed by atoms with van der Waals surface area (Å²) in [6.45, 7) is 0. The predicted octanol–water partition coefficient (Wildman–Crippen LogP) is 1.33. The van der Waals surface area contributed by atoms with Crippen LogP contribution in [-0.2, 0) is 14.6 Å². The van der Waals surface area contributed by atoms with Gasteiger partial charge in [-0.2, -0.15) is 0 Å². The second-order valence-corrected chi connectivity index (χ2v) is 7.81. The standard InChI is InChI=1S/C15H14ClN5O3S/c1-25(23,24)10-2-3-12-11(5-10)13(14(15(17)22)21-20-12)19-9-4-8(16)6-18-7-9/h2-7,19-21H,1H3,(H2,17,22). The van der Waals surface area contributed by atoms with Gasteiger partial charge in [0.1, 0.15) is 5.70 Å². The van der Waals surface area contributed by atoms with E-state index in [1.807, 2.05) is 0 Å². The summed E-state index contributed by atoms with van der Waals surface area (Å²) in [5, 5.41) is 3.42. The quantitative estimate of drug-likeness (QED) is 0.631. The number of anilines is 2. The number of nitrogens with zero attached hydrogens (tertiary/aromatic N) is 1. The Morgan fingerprint density at radius 2 is 2.00 bits per heavy atom. The first kappa shape index (κ1) is 17.1. The smallest absolute Gasteiger partial charge is 0.268 e. The van der Waals surface area contributed by atoms with Gasteiger partial charge in [-0.25, -0.2) is 8.42 Å². The second kappa shape index (κ2) is 6.26. The Balaban J connectivity index is 2.16. The molecule has 0 saturated heterocycles. The normalized spacial score (nSPS) is 13.5. The van der Waals surface area contributed by atoms with Gasteiger partial charge in [0.15, 0.2) is 9.84 Å². The Morgan fingerprint density at radius 3 is 2.64 bits per heavy atom. The van der Waals surface area contributed by atoms with E-state index < -0.39 is 15.7 Å². The van der Waals surface area contributed by atoms with Crippen LogP contribution in [0.5, 0.6) is 0 Å². The van der Waals surface area contributed by atoms with Crippen molar-refractivity contribution in [3.63, 3.8) is 0 Å². The number of benzene rings is 1. The van der Waals surface area contributed by atoms with Crippen LogP contribution in [0.15, 0.2) is 47.3 Å². The molecule has 1 aliphatic rings. The summed E-state index contributed by atoms with van der Waals surface area (Å²) in [5.41, 5.74) is 12.9. The Bertz CT molecular complexity index is 1000. The zero-order valence-corrected chi connectivity index (χ0v) is 14.6. The van der Waals surface area contributed by atoms with E-state index in [-0.39, 0.29) is 10.6 Å². The summed E-state index contributed by atoms with van der Waals surface area (Å²) in [6, 6.07) is 6.13. The number of halogens is 1. The summed E-state index contributed by atoms with van der Waals surface area (Å²) < 4.78 is 23.7. The molecule has 0 spiro atoms. The van der Waals surface area contributed by atoms with Crippen LogP contribution in [0.2, 0.25) is 5.02 Å². The molecule has 0 unspecified atom stereocenters. The van der Waals surface area contributed by atoms with E-state index in [9.17, 15) is 13.2 Å². The number of nitrogens with one attached hydrogen (secondary N) is 3. The van der Waals surface area contributed by atoms with Crippen LogP contribution in [0.25, 0.3) is 5.70 Å². The topological polar surface area (TPSA) is 126 Å². The maximum atomic E-state index is 11.9. The minimum Gasteiger partial charge on any atom is -0.364 e. The Labute approximate surface area is 149 Å². The molecule has 10 heteroatoms. The van der Waals surface area contributed by atoms with Gasteiger partial charge in [0.05, 0.1) is 33.2 Å². The average molecular weight is 380 g/mol. The summed E-state index contributed by atoms with van der Waals surface area (Å²) in [5.74, 6) is -0.722. The third-order valence-electron chi connectivity index (χ3n) is 3.48. The van der Waals surface area contributed by atoms with Crippen molar-refractivity contribution in [2.75, 3.05) is 17.0 Å². The molecule has 2 aromatic rings. The molecule has 1 aromatic heterocycles. The molecule has 0 bridgehead atoms. The summed E-state index contributed by atoms with van der Waals surface area (Å²) in [7, 11) is -3.43. The highest BCUT2D eigenvalue weighted by Gasteiger charge is 2.24. The van der Waals surface area contributed by atoms with Gasteiger partial charge < -0.3 is 11.1 Å². The molecular formula is C15H14ClN5O3S. The number of carbonyl (C=O) groups excluding carboxylic acids is 1. The van der Waals surface area contributed by atoms with Gasteiger partial charge in [-0.3, -0.25) is 20.6 Å². The van der Waals surface area contributed by atoms with Gasteiger partial charge in [-0.1, -0.05) is 11.6 Å². The minimum atomic E-state index is -3.43. The molecular weight excluding hydrogens is 366 g/mol. The van der Waals surface area contributed by atoms with E-state index in [4.69, 9.17) is 17.3 Å². The third kappa shape index (κ3) is 3.52. The fourth-order valence-corrected chi connectivity index (χ4v) is 3.16. The summed E-state index contributed by atoms with van der Waals surface area (Å²) >= 11 is 5.93. The SMILES string of the molecule is CS(=O)(=O)c1ccc2c(c1)C(Nc1cncc(Cl)c1)=C(C(N)=O)NN2. The number of pyridine rings is 1. The number of nitrogens with two attached hydrogens (primary N) is 1. The molecule has 0 radical (unpaired) electrons. The number of aromatic nitrogens is 1. The molecule has 1 aromatic carbocycles.